The first-order chi connectivity index (χ1) is 12.5. The highest BCUT2D eigenvalue weighted by Gasteiger charge is 2.11. The van der Waals surface area contributed by atoms with Crippen LogP contribution in [0.25, 0.3) is 0 Å². The van der Waals surface area contributed by atoms with Gasteiger partial charge in [0.05, 0.1) is 25.0 Å². The molecule has 1 aromatic heterocycles. The molecule has 26 heavy (non-hydrogen) atoms. The van der Waals surface area contributed by atoms with Crippen LogP contribution in [0.15, 0.2) is 46.4 Å². The minimum Gasteiger partial charge on any atom is -0.493 e. The summed E-state index contributed by atoms with van der Waals surface area (Å²) >= 11 is 6.22. The lowest BCUT2D eigenvalue weighted by atomic mass is 10.2. The number of ether oxygens (including phenoxy) is 2. The van der Waals surface area contributed by atoms with Crippen molar-refractivity contribution in [2.75, 3.05) is 13.7 Å². The van der Waals surface area contributed by atoms with Crippen molar-refractivity contribution in [2.24, 2.45) is 5.10 Å². The van der Waals surface area contributed by atoms with Crippen molar-refractivity contribution in [1.29, 1.82) is 0 Å². The van der Waals surface area contributed by atoms with Crippen molar-refractivity contribution in [2.45, 2.75) is 19.9 Å². The molecule has 0 spiro atoms. The lowest BCUT2D eigenvalue weighted by Crippen LogP contribution is -2.28. The van der Waals surface area contributed by atoms with E-state index in [-0.39, 0.29) is 12.1 Å². The van der Waals surface area contributed by atoms with Gasteiger partial charge in [0.1, 0.15) is 6.54 Å². The maximum absolute atomic E-state index is 11.9. The van der Waals surface area contributed by atoms with E-state index in [1.54, 1.807) is 24.3 Å². The molecule has 1 heterocycles. The van der Waals surface area contributed by atoms with Gasteiger partial charge in [-0.05, 0) is 30.2 Å². The summed E-state index contributed by atoms with van der Waals surface area (Å²) in [4.78, 5) is 23.4. The Morgan fingerprint density at radius 3 is 2.88 bits per heavy atom. The van der Waals surface area contributed by atoms with Crippen LogP contribution >= 0.6 is 11.6 Å². The minimum atomic E-state index is -0.421. The number of carbonyl (C=O) groups excluding carboxylic acids is 1. The number of carbonyl (C=O) groups is 1. The van der Waals surface area contributed by atoms with Crippen LogP contribution in [0, 0.1) is 0 Å². The summed E-state index contributed by atoms with van der Waals surface area (Å²) in [5.74, 6) is 0.533. The standard InChI is InChI=1S/C18H20ClN3O4/c1-3-8-26-18-14(19)9-13(10-15(18)25-2)11-20-21-16(23)12-22-7-5-4-6-17(22)24/h4-7,9-11H,3,8,12H2,1-2H3,(H,21,23)/b20-11-. The summed E-state index contributed by atoms with van der Waals surface area (Å²) in [6, 6.07) is 8.03. The largest absolute Gasteiger partial charge is 0.493 e. The molecule has 8 heteroatoms. The highest BCUT2D eigenvalue weighted by atomic mass is 35.5. The molecule has 0 aliphatic carbocycles. The van der Waals surface area contributed by atoms with Crippen LogP contribution in [0.1, 0.15) is 18.9 Å². The second-order valence-corrected chi connectivity index (χ2v) is 5.75. The zero-order valence-electron chi connectivity index (χ0n) is 14.6. The number of hydrogen-bond donors (Lipinski definition) is 1. The van der Waals surface area contributed by atoms with Crippen LogP contribution in [0.2, 0.25) is 5.02 Å². The summed E-state index contributed by atoms with van der Waals surface area (Å²) in [6.07, 6.45) is 3.81. The molecule has 1 N–H and O–H groups in total. The molecule has 0 atom stereocenters. The predicted molar refractivity (Wildman–Crippen MR) is 100 cm³/mol. The zero-order chi connectivity index (χ0) is 18.9. The maximum atomic E-state index is 11.9. The molecule has 0 aliphatic rings. The fourth-order valence-electron chi connectivity index (χ4n) is 2.12. The Kier molecular flexibility index (Phi) is 7.23. The SMILES string of the molecule is CCCOc1c(Cl)cc(/C=N\NC(=O)Cn2ccccc2=O)cc1OC. The fourth-order valence-corrected chi connectivity index (χ4v) is 2.39. The van der Waals surface area contributed by atoms with Crippen LogP contribution < -0.4 is 20.5 Å². The van der Waals surface area contributed by atoms with E-state index >= 15 is 0 Å². The van der Waals surface area contributed by atoms with E-state index in [1.807, 2.05) is 6.92 Å². The van der Waals surface area contributed by atoms with Gasteiger partial charge in [-0.1, -0.05) is 24.6 Å². The van der Waals surface area contributed by atoms with Crippen molar-refractivity contribution in [3.8, 4) is 11.5 Å². The number of hydrogen-bond acceptors (Lipinski definition) is 5. The first-order valence-electron chi connectivity index (χ1n) is 8.02. The zero-order valence-corrected chi connectivity index (χ0v) is 15.3. The monoisotopic (exact) mass is 377 g/mol. The third-order valence-corrected chi connectivity index (χ3v) is 3.60. The highest BCUT2D eigenvalue weighted by Crippen LogP contribution is 2.36. The predicted octanol–water partition coefficient (Wildman–Crippen LogP) is 2.45. The van der Waals surface area contributed by atoms with Gasteiger partial charge in [-0.15, -0.1) is 0 Å². The van der Waals surface area contributed by atoms with Crippen LogP contribution in [0.3, 0.4) is 0 Å². The quantitative estimate of drug-likeness (QED) is 0.566. The molecule has 2 rings (SSSR count). The topological polar surface area (TPSA) is 81.9 Å². The van der Waals surface area contributed by atoms with Crippen LogP contribution in [0.5, 0.6) is 11.5 Å². The molecular weight excluding hydrogens is 358 g/mol. The van der Waals surface area contributed by atoms with E-state index in [4.69, 9.17) is 21.1 Å². The summed E-state index contributed by atoms with van der Waals surface area (Å²) in [6.45, 7) is 2.40. The fraction of sp³-hybridized carbons (Fsp3) is 0.278. The Balaban J connectivity index is 2.03. The number of aromatic nitrogens is 1. The van der Waals surface area contributed by atoms with E-state index in [0.29, 0.717) is 28.7 Å². The van der Waals surface area contributed by atoms with Crippen LogP contribution in [0.4, 0.5) is 0 Å². The average Bonchev–Trinajstić information content (AvgIpc) is 2.62. The third kappa shape index (κ3) is 5.35. The van der Waals surface area contributed by atoms with Gasteiger partial charge in [-0.3, -0.25) is 9.59 Å². The van der Waals surface area contributed by atoms with Gasteiger partial charge in [0.25, 0.3) is 11.5 Å². The van der Waals surface area contributed by atoms with Gasteiger partial charge in [0.2, 0.25) is 0 Å². The molecule has 0 saturated carbocycles. The molecule has 2 aromatic rings. The molecular formula is C18H20ClN3O4. The molecule has 0 radical (unpaired) electrons. The van der Waals surface area contributed by atoms with Crippen molar-refractivity contribution in [3.63, 3.8) is 0 Å². The number of nitrogens with one attached hydrogen (secondary N) is 1. The second-order valence-electron chi connectivity index (χ2n) is 5.34. The molecule has 0 unspecified atom stereocenters. The van der Waals surface area contributed by atoms with Gasteiger partial charge in [0.15, 0.2) is 11.5 Å². The summed E-state index contributed by atoms with van der Waals surface area (Å²) in [7, 11) is 1.52. The number of methoxy groups -OCH3 is 1. The normalized spacial score (nSPS) is 10.7. The van der Waals surface area contributed by atoms with E-state index in [1.165, 1.54) is 30.2 Å². The molecule has 0 saturated heterocycles. The Bertz CT molecular complexity index is 849. The molecule has 0 bridgehead atoms. The Morgan fingerprint density at radius 2 is 2.19 bits per heavy atom. The molecule has 0 fully saturated rings. The van der Waals surface area contributed by atoms with Crippen LogP contribution in [-0.2, 0) is 11.3 Å². The molecule has 1 amide bonds. The maximum Gasteiger partial charge on any atom is 0.260 e. The minimum absolute atomic E-state index is 0.120. The van der Waals surface area contributed by atoms with E-state index in [0.717, 1.165) is 6.42 Å². The second kappa shape index (κ2) is 9.62. The Morgan fingerprint density at radius 1 is 1.38 bits per heavy atom. The van der Waals surface area contributed by atoms with Crippen molar-refractivity contribution < 1.29 is 14.3 Å². The number of halogens is 1. The lowest BCUT2D eigenvalue weighted by molar-refractivity contribution is -0.121. The van der Waals surface area contributed by atoms with E-state index in [2.05, 4.69) is 10.5 Å². The number of amides is 1. The highest BCUT2D eigenvalue weighted by molar-refractivity contribution is 6.32. The molecule has 0 aliphatic heterocycles. The van der Waals surface area contributed by atoms with Crippen molar-refractivity contribution in [1.82, 2.24) is 9.99 Å². The first-order valence-corrected chi connectivity index (χ1v) is 8.40. The number of rotatable bonds is 8. The smallest absolute Gasteiger partial charge is 0.260 e. The number of benzene rings is 1. The Hall–Kier alpha value is -2.80. The van der Waals surface area contributed by atoms with E-state index < -0.39 is 5.91 Å². The van der Waals surface area contributed by atoms with Gasteiger partial charge < -0.3 is 14.0 Å². The van der Waals surface area contributed by atoms with Crippen molar-refractivity contribution in [3.05, 3.63) is 57.5 Å². The van der Waals surface area contributed by atoms with Gasteiger partial charge in [-0.2, -0.15) is 5.10 Å². The summed E-state index contributed by atoms with van der Waals surface area (Å²) < 4.78 is 12.1. The number of hydrazone groups is 1. The third-order valence-electron chi connectivity index (χ3n) is 3.32. The average molecular weight is 378 g/mol. The lowest BCUT2D eigenvalue weighted by Gasteiger charge is -2.12. The molecule has 1 aromatic carbocycles. The summed E-state index contributed by atoms with van der Waals surface area (Å²) in [5, 5.41) is 4.27. The molecule has 7 nitrogen and oxygen atoms in total. The number of pyridine rings is 1. The first kappa shape index (κ1) is 19.5. The van der Waals surface area contributed by atoms with Gasteiger partial charge in [0, 0.05) is 12.3 Å². The van der Waals surface area contributed by atoms with Crippen molar-refractivity contribution >= 4 is 23.7 Å². The van der Waals surface area contributed by atoms with E-state index in [9.17, 15) is 9.59 Å². The van der Waals surface area contributed by atoms with Crippen LogP contribution in [-0.4, -0.2) is 30.4 Å². The molecule has 138 valence electrons. The van der Waals surface area contributed by atoms with Gasteiger partial charge in [-0.25, -0.2) is 5.43 Å². The van der Waals surface area contributed by atoms with Gasteiger partial charge >= 0.3 is 0 Å². The summed E-state index contributed by atoms with van der Waals surface area (Å²) in [5.41, 5.74) is 2.74. The number of nitrogens with zero attached hydrogens (tertiary/aromatic N) is 2. The Labute approximate surface area is 156 Å².